The van der Waals surface area contributed by atoms with Crippen LogP contribution in [0.3, 0.4) is 0 Å². The first kappa shape index (κ1) is 18.6. The minimum Gasteiger partial charge on any atom is -0.449 e. The lowest BCUT2D eigenvalue weighted by molar-refractivity contribution is -0.127. The number of amides is 3. The van der Waals surface area contributed by atoms with Crippen molar-refractivity contribution in [2.75, 3.05) is 13.3 Å². The van der Waals surface area contributed by atoms with Crippen molar-refractivity contribution >= 4 is 27.7 Å². The van der Waals surface area contributed by atoms with E-state index in [4.69, 9.17) is 4.74 Å². The summed E-state index contributed by atoms with van der Waals surface area (Å²) in [4.78, 5) is 34.8. The Morgan fingerprint density at radius 3 is 2.35 bits per heavy atom. The van der Waals surface area contributed by atoms with Crippen LogP contribution in [0.15, 0.2) is 23.1 Å². The number of rotatable bonds is 4. The highest BCUT2D eigenvalue weighted by molar-refractivity contribution is 7.90. The molecule has 9 heteroatoms. The minimum atomic E-state index is -3.48. The molecule has 126 valence electrons. The zero-order chi connectivity index (χ0) is 17.8. The molecule has 0 aliphatic carbocycles. The fourth-order valence-corrected chi connectivity index (χ4v) is 2.25. The first-order chi connectivity index (χ1) is 10.6. The summed E-state index contributed by atoms with van der Waals surface area (Å²) in [7, 11) is -2.15. The standard InChI is InChI=1S/C14H18N2O6S/c1-8-5-6-10(23(4,20)21)7-11(8)13(18)22-9(2)12(17)16-14(19)15-3/h5-7,9H,1-4H3,(H2,15,16,17,19). The molecule has 0 fully saturated rings. The van der Waals surface area contributed by atoms with E-state index < -0.39 is 33.8 Å². The Balaban J connectivity index is 2.94. The van der Waals surface area contributed by atoms with Crippen LogP contribution >= 0.6 is 0 Å². The topological polar surface area (TPSA) is 119 Å². The number of sulfone groups is 1. The van der Waals surface area contributed by atoms with E-state index in [-0.39, 0.29) is 10.5 Å². The second-order valence-corrected chi connectivity index (χ2v) is 6.88. The van der Waals surface area contributed by atoms with Crippen LogP contribution < -0.4 is 10.6 Å². The summed E-state index contributed by atoms with van der Waals surface area (Å²) >= 11 is 0. The summed E-state index contributed by atoms with van der Waals surface area (Å²) in [5, 5.41) is 4.17. The van der Waals surface area contributed by atoms with Gasteiger partial charge in [-0.15, -0.1) is 0 Å². The smallest absolute Gasteiger partial charge is 0.339 e. The van der Waals surface area contributed by atoms with Crippen LogP contribution in [0, 0.1) is 6.92 Å². The second-order valence-electron chi connectivity index (χ2n) is 4.86. The van der Waals surface area contributed by atoms with Crippen LogP contribution in [0.25, 0.3) is 0 Å². The highest BCUT2D eigenvalue weighted by Gasteiger charge is 2.22. The number of imide groups is 1. The maximum absolute atomic E-state index is 12.1. The van der Waals surface area contributed by atoms with E-state index in [0.717, 1.165) is 6.26 Å². The molecule has 1 rings (SSSR count). The number of urea groups is 1. The monoisotopic (exact) mass is 342 g/mol. The molecule has 0 spiro atoms. The second kappa shape index (κ2) is 7.23. The third kappa shape index (κ3) is 5.06. The summed E-state index contributed by atoms with van der Waals surface area (Å²) in [6, 6.07) is 3.31. The molecule has 0 aliphatic heterocycles. The third-order valence-electron chi connectivity index (χ3n) is 2.97. The molecule has 1 aromatic carbocycles. The predicted octanol–water partition coefficient (Wildman–Crippen LogP) is 0.399. The lowest BCUT2D eigenvalue weighted by Gasteiger charge is -2.14. The summed E-state index contributed by atoms with van der Waals surface area (Å²) in [5.41, 5.74) is 0.536. The SMILES string of the molecule is CNC(=O)NC(=O)C(C)OC(=O)c1cc(S(C)(=O)=O)ccc1C. The number of nitrogens with one attached hydrogen (secondary N) is 2. The molecule has 0 bridgehead atoms. The zero-order valence-electron chi connectivity index (χ0n) is 13.2. The largest absolute Gasteiger partial charge is 0.449 e. The van der Waals surface area contributed by atoms with Crippen molar-refractivity contribution in [1.82, 2.24) is 10.6 Å². The zero-order valence-corrected chi connectivity index (χ0v) is 14.0. The number of aryl methyl sites for hydroxylation is 1. The number of esters is 1. The van der Waals surface area contributed by atoms with E-state index in [1.807, 2.05) is 5.32 Å². The number of hydrogen-bond acceptors (Lipinski definition) is 6. The van der Waals surface area contributed by atoms with Crippen molar-refractivity contribution in [1.29, 1.82) is 0 Å². The lowest BCUT2D eigenvalue weighted by Crippen LogP contribution is -2.43. The molecule has 1 unspecified atom stereocenters. The van der Waals surface area contributed by atoms with Gasteiger partial charge in [-0.3, -0.25) is 10.1 Å². The van der Waals surface area contributed by atoms with E-state index in [0.29, 0.717) is 5.56 Å². The van der Waals surface area contributed by atoms with E-state index >= 15 is 0 Å². The Hall–Kier alpha value is -2.42. The summed E-state index contributed by atoms with van der Waals surface area (Å²) in [6.45, 7) is 2.91. The number of carbonyl (C=O) groups excluding carboxylic acids is 3. The highest BCUT2D eigenvalue weighted by atomic mass is 32.2. The van der Waals surface area contributed by atoms with Gasteiger partial charge in [-0.2, -0.15) is 0 Å². The van der Waals surface area contributed by atoms with Crippen molar-refractivity contribution < 1.29 is 27.5 Å². The van der Waals surface area contributed by atoms with E-state index in [2.05, 4.69) is 5.32 Å². The molecule has 0 heterocycles. The van der Waals surface area contributed by atoms with Crippen LogP contribution in [0.5, 0.6) is 0 Å². The van der Waals surface area contributed by atoms with Gasteiger partial charge in [-0.25, -0.2) is 18.0 Å². The predicted molar refractivity (Wildman–Crippen MR) is 81.8 cm³/mol. The molecule has 0 saturated heterocycles. The van der Waals surface area contributed by atoms with Crippen LogP contribution in [0.2, 0.25) is 0 Å². The molecule has 0 radical (unpaired) electrons. The molecule has 2 N–H and O–H groups in total. The number of ether oxygens (including phenoxy) is 1. The van der Waals surface area contributed by atoms with Crippen molar-refractivity contribution in [2.24, 2.45) is 0 Å². The Morgan fingerprint density at radius 1 is 1.22 bits per heavy atom. The summed E-state index contributed by atoms with van der Waals surface area (Å²) in [6.07, 6.45) is -0.201. The number of benzene rings is 1. The molecular weight excluding hydrogens is 324 g/mol. The Bertz CT molecular complexity index is 742. The van der Waals surface area contributed by atoms with Crippen LogP contribution in [0.1, 0.15) is 22.8 Å². The Kier molecular flexibility index (Phi) is 5.85. The molecule has 8 nitrogen and oxygen atoms in total. The molecule has 0 saturated carbocycles. The van der Waals surface area contributed by atoms with Crippen LogP contribution in [0.4, 0.5) is 4.79 Å². The summed E-state index contributed by atoms with van der Waals surface area (Å²) < 4.78 is 28.1. The van der Waals surface area contributed by atoms with Gasteiger partial charge in [0.1, 0.15) is 0 Å². The average Bonchev–Trinajstić information content (AvgIpc) is 2.45. The molecule has 1 aromatic rings. The fraction of sp³-hybridized carbons (Fsp3) is 0.357. The van der Waals surface area contributed by atoms with E-state index in [1.165, 1.54) is 32.2 Å². The van der Waals surface area contributed by atoms with Gasteiger partial charge in [0.2, 0.25) is 0 Å². The van der Waals surface area contributed by atoms with Gasteiger partial charge in [-0.05, 0) is 31.5 Å². The van der Waals surface area contributed by atoms with Crippen molar-refractivity contribution in [3.05, 3.63) is 29.3 Å². The third-order valence-corrected chi connectivity index (χ3v) is 4.08. The fourth-order valence-electron chi connectivity index (χ4n) is 1.61. The average molecular weight is 342 g/mol. The van der Waals surface area contributed by atoms with Crippen LogP contribution in [-0.2, 0) is 19.4 Å². The van der Waals surface area contributed by atoms with Crippen LogP contribution in [-0.4, -0.2) is 45.7 Å². The van der Waals surface area contributed by atoms with Gasteiger partial charge in [0.25, 0.3) is 5.91 Å². The quantitative estimate of drug-likeness (QED) is 0.765. The van der Waals surface area contributed by atoms with Gasteiger partial charge < -0.3 is 10.1 Å². The molecule has 23 heavy (non-hydrogen) atoms. The minimum absolute atomic E-state index is 0.0301. The van der Waals surface area contributed by atoms with Gasteiger partial charge in [0, 0.05) is 13.3 Å². The van der Waals surface area contributed by atoms with E-state index in [1.54, 1.807) is 6.92 Å². The molecular formula is C14H18N2O6S. The number of hydrogen-bond donors (Lipinski definition) is 2. The van der Waals surface area contributed by atoms with Crippen molar-refractivity contribution in [3.63, 3.8) is 0 Å². The normalized spacial score (nSPS) is 12.2. The van der Waals surface area contributed by atoms with Gasteiger partial charge in [0.15, 0.2) is 15.9 Å². The lowest BCUT2D eigenvalue weighted by atomic mass is 10.1. The Labute approximate surface area is 134 Å². The Morgan fingerprint density at radius 2 is 1.83 bits per heavy atom. The maximum atomic E-state index is 12.1. The van der Waals surface area contributed by atoms with Gasteiger partial charge in [0.05, 0.1) is 10.5 Å². The summed E-state index contributed by atoms with van der Waals surface area (Å²) in [5.74, 6) is -1.65. The molecule has 0 aromatic heterocycles. The first-order valence-electron chi connectivity index (χ1n) is 6.60. The van der Waals surface area contributed by atoms with Gasteiger partial charge >= 0.3 is 12.0 Å². The maximum Gasteiger partial charge on any atom is 0.339 e. The van der Waals surface area contributed by atoms with Gasteiger partial charge in [-0.1, -0.05) is 6.07 Å². The van der Waals surface area contributed by atoms with Crippen molar-refractivity contribution in [3.8, 4) is 0 Å². The molecule has 1 atom stereocenters. The van der Waals surface area contributed by atoms with Crippen molar-refractivity contribution in [2.45, 2.75) is 24.8 Å². The highest BCUT2D eigenvalue weighted by Crippen LogP contribution is 2.17. The first-order valence-corrected chi connectivity index (χ1v) is 8.49. The number of carbonyl (C=O) groups is 3. The molecule has 3 amide bonds. The molecule has 0 aliphatic rings. The van der Waals surface area contributed by atoms with E-state index in [9.17, 15) is 22.8 Å².